The first-order chi connectivity index (χ1) is 16.1. The normalized spacial score (nSPS) is 10.5. The molecule has 0 fully saturated rings. The molecule has 4 aromatic rings. The van der Waals surface area contributed by atoms with Crippen molar-refractivity contribution in [2.24, 2.45) is 0 Å². The Morgan fingerprint density at radius 1 is 0.727 bits per heavy atom. The highest BCUT2D eigenvalue weighted by atomic mass is 79.9. The lowest BCUT2D eigenvalue weighted by Crippen LogP contribution is -2.43. The van der Waals surface area contributed by atoms with E-state index in [-0.39, 0.29) is 6.61 Å². The van der Waals surface area contributed by atoms with Crippen molar-refractivity contribution < 1.29 is 19.1 Å². The van der Waals surface area contributed by atoms with Gasteiger partial charge in [-0.05, 0) is 50.5 Å². The van der Waals surface area contributed by atoms with E-state index >= 15 is 0 Å². The highest BCUT2D eigenvalue weighted by molar-refractivity contribution is 9.10. The number of hydrazine groups is 1. The second-order valence-corrected chi connectivity index (χ2v) is 7.95. The summed E-state index contributed by atoms with van der Waals surface area (Å²) in [7, 11) is 0. The summed E-state index contributed by atoms with van der Waals surface area (Å²) in [6.07, 6.45) is 0. The maximum Gasteiger partial charge on any atom is 0.276 e. The third-order valence-electron chi connectivity index (χ3n) is 4.87. The molecule has 33 heavy (non-hydrogen) atoms. The fraction of sp³-hybridized carbons (Fsp3) is 0.0769. The Hall–Kier alpha value is -3.84. The van der Waals surface area contributed by atoms with Crippen molar-refractivity contribution in [3.05, 3.63) is 107 Å². The summed E-state index contributed by atoms with van der Waals surface area (Å²) in [5.41, 5.74) is 6.08. The van der Waals surface area contributed by atoms with Crippen molar-refractivity contribution in [3.8, 4) is 11.5 Å². The zero-order valence-electron chi connectivity index (χ0n) is 17.6. The second kappa shape index (κ2) is 10.7. The number of carbonyl (C=O) groups excluding carboxylic acids is 2. The molecule has 4 aromatic carbocycles. The van der Waals surface area contributed by atoms with E-state index in [0.717, 1.165) is 20.8 Å². The van der Waals surface area contributed by atoms with E-state index in [2.05, 4.69) is 26.8 Å². The first-order valence-electron chi connectivity index (χ1n) is 10.3. The average molecular weight is 505 g/mol. The van der Waals surface area contributed by atoms with Crippen LogP contribution in [0.15, 0.2) is 95.5 Å². The number of amides is 2. The number of carbonyl (C=O) groups is 2. The Bertz CT molecular complexity index is 1280. The van der Waals surface area contributed by atoms with Gasteiger partial charge in [0.2, 0.25) is 0 Å². The molecule has 4 rings (SSSR count). The Morgan fingerprint density at radius 2 is 1.45 bits per heavy atom. The molecular weight excluding hydrogens is 484 g/mol. The van der Waals surface area contributed by atoms with E-state index in [0.29, 0.717) is 23.7 Å². The number of para-hydroxylation sites is 1. The van der Waals surface area contributed by atoms with Gasteiger partial charge in [0.25, 0.3) is 11.8 Å². The van der Waals surface area contributed by atoms with Crippen LogP contribution >= 0.6 is 15.9 Å². The summed E-state index contributed by atoms with van der Waals surface area (Å²) < 4.78 is 12.2. The smallest absolute Gasteiger partial charge is 0.276 e. The van der Waals surface area contributed by atoms with Crippen LogP contribution in [0.1, 0.15) is 15.9 Å². The molecule has 0 saturated carbocycles. The monoisotopic (exact) mass is 504 g/mol. The Labute approximate surface area is 199 Å². The van der Waals surface area contributed by atoms with E-state index in [4.69, 9.17) is 9.47 Å². The van der Waals surface area contributed by atoms with Crippen LogP contribution in [0.25, 0.3) is 10.8 Å². The van der Waals surface area contributed by atoms with Crippen molar-refractivity contribution in [2.75, 3.05) is 6.61 Å². The summed E-state index contributed by atoms with van der Waals surface area (Å²) in [5.74, 6) is -0.0238. The fourth-order valence-electron chi connectivity index (χ4n) is 3.21. The van der Waals surface area contributed by atoms with Crippen molar-refractivity contribution in [3.63, 3.8) is 0 Å². The lowest BCUT2D eigenvalue weighted by molar-refractivity contribution is -0.123. The third kappa shape index (κ3) is 5.70. The number of fused-ring (bicyclic) bond motifs is 1. The number of benzene rings is 4. The van der Waals surface area contributed by atoms with Gasteiger partial charge in [-0.25, -0.2) is 0 Å². The van der Waals surface area contributed by atoms with Crippen molar-refractivity contribution in [1.82, 2.24) is 10.9 Å². The molecule has 0 saturated heterocycles. The Kier molecular flexibility index (Phi) is 7.22. The molecule has 0 aliphatic heterocycles. The molecule has 166 valence electrons. The second-order valence-electron chi connectivity index (χ2n) is 7.16. The fourth-order valence-corrected chi connectivity index (χ4v) is 3.82. The first-order valence-corrected chi connectivity index (χ1v) is 11.1. The summed E-state index contributed by atoms with van der Waals surface area (Å²) >= 11 is 3.52. The van der Waals surface area contributed by atoms with Crippen LogP contribution < -0.4 is 20.3 Å². The molecule has 0 aliphatic rings. The van der Waals surface area contributed by atoms with E-state index < -0.39 is 11.8 Å². The van der Waals surface area contributed by atoms with Gasteiger partial charge in [0.15, 0.2) is 6.61 Å². The zero-order chi connectivity index (χ0) is 23.0. The van der Waals surface area contributed by atoms with Gasteiger partial charge in [-0.2, -0.15) is 0 Å². The van der Waals surface area contributed by atoms with Crippen molar-refractivity contribution in [2.45, 2.75) is 6.61 Å². The highest BCUT2D eigenvalue weighted by Gasteiger charge is 2.14. The lowest BCUT2D eigenvalue weighted by Gasteiger charge is -2.13. The molecule has 0 atom stereocenters. The van der Waals surface area contributed by atoms with Gasteiger partial charge in [0.1, 0.15) is 18.1 Å². The number of hydrogen-bond acceptors (Lipinski definition) is 4. The van der Waals surface area contributed by atoms with Crippen LogP contribution in [0.4, 0.5) is 0 Å². The predicted octanol–water partition coefficient (Wildman–Crippen LogP) is 5.02. The minimum atomic E-state index is -0.494. The number of hydrogen-bond donors (Lipinski definition) is 2. The third-order valence-corrected chi connectivity index (χ3v) is 5.69. The Balaban J connectivity index is 1.32. The van der Waals surface area contributed by atoms with E-state index in [9.17, 15) is 9.59 Å². The van der Waals surface area contributed by atoms with Gasteiger partial charge in [-0.1, -0.05) is 72.8 Å². The average Bonchev–Trinajstić information content (AvgIpc) is 2.86. The maximum absolute atomic E-state index is 12.6. The molecule has 6 nitrogen and oxygen atoms in total. The van der Waals surface area contributed by atoms with Gasteiger partial charge in [0, 0.05) is 0 Å². The SMILES string of the molecule is O=C(COc1ccc2ccccc2c1Br)NNC(=O)c1ccccc1OCc1ccccc1. The zero-order valence-corrected chi connectivity index (χ0v) is 19.2. The van der Waals surface area contributed by atoms with Gasteiger partial charge in [-0.3, -0.25) is 20.4 Å². The number of halogens is 1. The summed E-state index contributed by atoms with van der Waals surface area (Å²) in [4.78, 5) is 24.8. The predicted molar refractivity (Wildman–Crippen MR) is 130 cm³/mol. The molecular formula is C26H21BrN2O4. The van der Waals surface area contributed by atoms with Crippen molar-refractivity contribution >= 4 is 38.5 Å². The summed E-state index contributed by atoms with van der Waals surface area (Å²) in [6.45, 7) is 0.0648. The molecule has 0 unspecified atom stereocenters. The van der Waals surface area contributed by atoms with Crippen LogP contribution in [0.3, 0.4) is 0 Å². The lowest BCUT2D eigenvalue weighted by atomic mass is 10.1. The van der Waals surface area contributed by atoms with Crippen LogP contribution in [-0.4, -0.2) is 18.4 Å². The van der Waals surface area contributed by atoms with Gasteiger partial charge >= 0.3 is 0 Å². The summed E-state index contributed by atoms with van der Waals surface area (Å²) in [5, 5.41) is 2.04. The van der Waals surface area contributed by atoms with Gasteiger partial charge < -0.3 is 9.47 Å². The molecule has 2 N–H and O–H groups in total. The van der Waals surface area contributed by atoms with Crippen LogP contribution in [0.2, 0.25) is 0 Å². The van der Waals surface area contributed by atoms with Crippen LogP contribution in [-0.2, 0) is 11.4 Å². The minimum absolute atomic E-state index is 0.261. The molecule has 0 spiro atoms. The summed E-state index contributed by atoms with van der Waals surface area (Å²) in [6, 6.07) is 28.1. The van der Waals surface area contributed by atoms with Crippen LogP contribution in [0.5, 0.6) is 11.5 Å². The first kappa shape index (κ1) is 22.4. The topological polar surface area (TPSA) is 76.7 Å². The highest BCUT2D eigenvalue weighted by Crippen LogP contribution is 2.32. The maximum atomic E-state index is 12.6. The molecule has 0 bridgehead atoms. The van der Waals surface area contributed by atoms with E-state index in [1.807, 2.05) is 60.7 Å². The molecule has 7 heteroatoms. The van der Waals surface area contributed by atoms with Gasteiger partial charge in [0.05, 0.1) is 10.0 Å². The molecule has 0 radical (unpaired) electrons. The standard InChI is InChI=1S/C26H21BrN2O4/c27-25-20-11-5-4-10-19(20)14-15-23(25)33-17-24(30)28-29-26(31)21-12-6-7-13-22(21)32-16-18-8-2-1-3-9-18/h1-15H,16-17H2,(H,28,30)(H,29,31). The van der Waals surface area contributed by atoms with E-state index in [1.165, 1.54) is 0 Å². The minimum Gasteiger partial charge on any atom is -0.488 e. The molecule has 0 aliphatic carbocycles. The van der Waals surface area contributed by atoms with Crippen LogP contribution in [0, 0.1) is 0 Å². The van der Waals surface area contributed by atoms with Crippen molar-refractivity contribution in [1.29, 1.82) is 0 Å². The van der Waals surface area contributed by atoms with E-state index in [1.54, 1.807) is 30.3 Å². The molecule has 0 aromatic heterocycles. The number of rotatable bonds is 7. The molecule has 0 heterocycles. The van der Waals surface area contributed by atoms with Gasteiger partial charge in [-0.15, -0.1) is 0 Å². The molecule has 2 amide bonds. The number of ether oxygens (including phenoxy) is 2. The largest absolute Gasteiger partial charge is 0.488 e. The number of nitrogens with one attached hydrogen (secondary N) is 2. The Morgan fingerprint density at radius 3 is 2.30 bits per heavy atom. The quantitative estimate of drug-likeness (QED) is 0.346.